The number of hydrogen-bond donors (Lipinski definition) is 0. The largest absolute Gasteiger partial charge is 0.496 e. The lowest BCUT2D eigenvalue weighted by molar-refractivity contribution is 0.332. The molecule has 0 fully saturated rings. The summed E-state index contributed by atoms with van der Waals surface area (Å²) in [4.78, 5) is 0. The van der Waals surface area contributed by atoms with E-state index in [-0.39, 0.29) is 0 Å². The van der Waals surface area contributed by atoms with Gasteiger partial charge in [-0.25, -0.2) is 0 Å². The molecule has 1 rings (SSSR count). The van der Waals surface area contributed by atoms with Crippen LogP contribution in [0.4, 0.5) is 0 Å². The molecule has 0 saturated heterocycles. The van der Waals surface area contributed by atoms with Crippen LogP contribution in [0.3, 0.4) is 0 Å². The summed E-state index contributed by atoms with van der Waals surface area (Å²) in [6.07, 6.45) is 0. The Morgan fingerprint density at radius 2 is 2.00 bits per heavy atom. The number of ether oxygens (including phenoxy) is 2. The van der Waals surface area contributed by atoms with Crippen molar-refractivity contribution in [3.63, 3.8) is 0 Å². The smallest absolute Gasteiger partial charge is 0.126 e. The highest BCUT2D eigenvalue weighted by Gasteiger charge is 2.03. The first-order valence-corrected chi connectivity index (χ1v) is 3.97. The molecule has 1 aromatic carbocycles. The minimum atomic E-state index is 0.668. The van der Waals surface area contributed by atoms with Crippen molar-refractivity contribution in [1.29, 1.82) is 0 Å². The summed E-state index contributed by atoms with van der Waals surface area (Å²) in [6.45, 7) is 4.60. The summed E-state index contributed by atoms with van der Waals surface area (Å²) in [5.74, 6) is 1.66. The molecule has 0 saturated carbocycles. The van der Waals surface area contributed by atoms with Gasteiger partial charge in [0.05, 0.1) is 13.7 Å². The Kier molecular flexibility index (Phi) is 2.97. The summed E-state index contributed by atoms with van der Waals surface area (Å²) in [6, 6.07) is 6.58. The molecule has 0 N–H and O–H groups in total. The average Bonchev–Trinajstić information content (AvgIpc) is 2.09. The first-order chi connectivity index (χ1) is 5.79. The predicted octanol–water partition coefficient (Wildman–Crippen LogP) is 2.20. The first kappa shape index (κ1) is 8.91. The zero-order valence-electron chi connectivity index (χ0n) is 7.68. The van der Waals surface area contributed by atoms with Crippen LogP contribution in [0, 0.1) is 13.0 Å². The fourth-order valence-corrected chi connectivity index (χ4v) is 1.05. The van der Waals surface area contributed by atoms with Crippen molar-refractivity contribution in [2.75, 3.05) is 13.7 Å². The van der Waals surface area contributed by atoms with Gasteiger partial charge in [-0.3, -0.25) is 0 Å². The van der Waals surface area contributed by atoms with Crippen LogP contribution in [0.2, 0.25) is 0 Å². The minimum Gasteiger partial charge on any atom is -0.496 e. The van der Waals surface area contributed by atoms with Gasteiger partial charge in [0.2, 0.25) is 0 Å². The van der Waals surface area contributed by atoms with E-state index < -0.39 is 0 Å². The molecule has 0 bridgehead atoms. The Morgan fingerprint density at radius 1 is 1.33 bits per heavy atom. The number of hydrogen-bond acceptors (Lipinski definition) is 2. The molecule has 0 unspecified atom stereocenters. The van der Waals surface area contributed by atoms with Gasteiger partial charge in [-0.2, -0.15) is 0 Å². The zero-order chi connectivity index (χ0) is 8.97. The zero-order valence-corrected chi connectivity index (χ0v) is 7.68. The van der Waals surface area contributed by atoms with Crippen LogP contribution < -0.4 is 9.47 Å². The molecule has 2 heteroatoms. The van der Waals surface area contributed by atoms with E-state index in [1.165, 1.54) is 0 Å². The quantitative estimate of drug-likeness (QED) is 0.683. The van der Waals surface area contributed by atoms with Crippen molar-refractivity contribution in [2.45, 2.75) is 13.8 Å². The van der Waals surface area contributed by atoms with Gasteiger partial charge in [0, 0.05) is 5.56 Å². The van der Waals surface area contributed by atoms with Crippen molar-refractivity contribution >= 4 is 0 Å². The van der Waals surface area contributed by atoms with Crippen molar-refractivity contribution in [1.82, 2.24) is 0 Å². The highest BCUT2D eigenvalue weighted by molar-refractivity contribution is 5.42. The molecule has 0 aliphatic carbocycles. The molecule has 0 aliphatic heterocycles. The van der Waals surface area contributed by atoms with E-state index >= 15 is 0 Å². The van der Waals surface area contributed by atoms with Crippen LogP contribution in [0.15, 0.2) is 12.1 Å². The standard InChI is InChI=1S/C10H13O2/c1-4-12-10-7-5-6-9(11-3)8(10)2/h6-7H,4H2,1-3H3. The maximum atomic E-state index is 5.37. The third-order valence-electron chi connectivity index (χ3n) is 1.69. The van der Waals surface area contributed by atoms with E-state index in [9.17, 15) is 0 Å². The van der Waals surface area contributed by atoms with Crippen molar-refractivity contribution < 1.29 is 9.47 Å². The molecule has 12 heavy (non-hydrogen) atoms. The molecule has 0 atom stereocenters. The summed E-state index contributed by atoms with van der Waals surface area (Å²) in [5.41, 5.74) is 1.03. The van der Waals surface area contributed by atoms with Gasteiger partial charge in [0.25, 0.3) is 0 Å². The van der Waals surface area contributed by atoms with Crippen LogP contribution in [0.1, 0.15) is 12.5 Å². The molecule has 1 radical (unpaired) electrons. The summed E-state index contributed by atoms with van der Waals surface area (Å²) in [5, 5.41) is 0. The van der Waals surface area contributed by atoms with Crippen LogP contribution in [0.25, 0.3) is 0 Å². The summed E-state index contributed by atoms with van der Waals surface area (Å²) >= 11 is 0. The maximum Gasteiger partial charge on any atom is 0.126 e. The molecule has 0 aliphatic rings. The van der Waals surface area contributed by atoms with Gasteiger partial charge >= 0.3 is 0 Å². The minimum absolute atomic E-state index is 0.668. The van der Waals surface area contributed by atoms with Gasteiger partial charge in [0.15, 0.2) is 0 Å². The van der Waals surface area contributed by atoms with E-state index in [1.54, 1.807) is 13.2 Å². The molecule has 0 heterocycles. The van der Waals surface area contributed by atoms with Gasteiger partial charge < -0.3 is 9.47 Å². The second kappa shape index (κ2) is 4.00. The third-order valence-corrected chi connectivity index (χ3v) is 1.69. The fraction of sp³-hybridized carbons (Fsp3) is 0.400. The fourth-order valence-electron chi connectivity index (χ4n) is 1.05. The summed E-state index contributed by atoms with van der Waals surface area (Å²) < 4.78 is 10.5. The van der Waals surface area contributed by atoms with E-state index in [1.807, 2.05) is 19.9 Å². The Morgan fingerprint density at radius 3 is 2.58 bits per heavy atom. The molecular weight excluding hydrogens is 152 g/mol. The van der Waals surface area contributed by atoms with Crippen LogP contribution in [0.5, 0.6) is 11.5 Å². The monoisotopic (exact) mass is 165 g/mol. The van der Waals surface area contributed by atoms with Crippen molar-refractivity contribution in [2.24, 2.45) is 0 Å². The molecule has 1 aromatic rings. The van der Waals surface area contributed by atoms with E-state index in [0.29, 0.717) is 6.61 Å². The lowest BCUT2D eigenvalue weighted by Gasteiger charge is -2.09. The molecule has 0 amide bonds. The number of methoxy groups -OCH3 is 1. The van der Waals surface area contributed by atoms with Crippen LogP contribution in [-0.2, 0) is 0 Å². The Hall–Kier alpha value is -1.18. The second-order valence-electron chi connectivity index (χ2n) is 2.45. The van der Waals surface area contributed by atoms with E-state index in [2.05, 4.69) is 6.07 Å². The predicted molar refractivity (Wildman–Crippen MR) is 47.7 cm³/mol. The molecule has 2 nitrogen and oxygen atoms in total. The van der Waals surface area contributed by atoms with Crippen molar-refractivity contribution in [3.05, 3.63) is 23.8 Å². The SMILES string of the molecule is CCOc1c[c]cc(OC)c1C. The molecule has 0 aromatic heterocycles. The van der Waals surface area contributed by atoms with Gasteiger partial charge in [-0.05, 0) is 32.0 Å². The Labute approximate surface area is 73.1 Å². The highest BCUT2D eigenvalue weighted by Crippen LogP contribution is 2.26. The molecular formula is C10H13O2. The first-order valence-electron chi connectivity index (χ1n) is 3.97. The second-order valence-corrected chi connectivity index (χ2v) is 2.45. The number of benzene rings is 1. The lowest BCUT2D eigenvalue weighted by atomic mass is 10.2. The topological polar surface area (TPSA) is 18.5 Å². The molecule has 65 valence electrons. The Balaban J connectivity index is 2.97. The normalized spacial score (nSPS) is 9.58. The maximum absolute atomic E-state index is 5.37. The van der Waals surface area contributed by atoms with Crippen molar-refractivity contribution in [3.8, 4) is 11.5 Å². The van der Waals surface area contributed by atoms with E-state index in [0.717, 1.165) is 17.1 Å². The van der Waals surface area contributed by atoms with Crippen LogP contribution >= 0.6 is 0 Å². The number of rotatable bonds is 3. The third kappa shape index (κ3) is 1.70. The van der Waals surface area contributed by atoms with Gasteiger partial charge in [-0.1, -0.05) is 0 Å². The van der Waals surface area contributed by atoms with E-state index in [4.69, 9.17) is 9.47 Å². The molecule has 0 spiro atoms. The van der Waals surface area contributed by atoms with Gasteiger partial charge in [0.1, 0.15) is 11.5 Å². The van der Waals surface area contributed by atoms with Gasteiger partial charge in [-0.15, -0.1) is 0 Å². The van der Waals surface area contributed by atoms with Crippen LogP contribution in [-0.4, -0.2) is 13.7 Å². The highest BCUT2D eigenvalue weighted by atomic mass is 16.5. The Bertz CT molecular complexity index is 256. The summed E-state index contributed by atoms with van der Waals surface area (Å²) in [7, 11) is 1.64. The lowest BCUT2D eigenvalue weighted by Crippen LogP contribution is -1.95. The average molecular weight is 165 g/mol.